The van der Waals surface area contributed by atoms with E-state index in [0.717, 1.165) is 12.8 Å². The van der Waals surface area contributed by atoms with Gasteiger partial charge in [0.1, 0.15) is 6.54 Å². The molecular weight excluding hydrogens is 262 g/mol. The van der Waals surface area contributed by atoms with Crippen LogP contribution in [0.2, 0.25) is 0 Å². The fourth-order valence-electron chi connectivity index (χ4n) is 2.45. The summed E-state index contributed by atoms with van der Waals surface area (Å²) in [6.07, 6.45) is 3.47. The minimum Gasteiger partial charge on any atom is -0.481 e. The van der Waals surface area contributed by atoms with Crippen LogP contribution in [-0.4, -0.2) is 50.0 Å². The summed E-state index contributed by atoms with van der Waals surface area (Å²) in [6, 6.07) is 0. The molecular formula is C12H19N5O3. The molecule has 2 rings (SSSR count). The van der Waals surface area contributed by atoms with E-state index < -0.39 is 5.97 Å². The second-order valence-corrected chi connectivity index (χ2v) is 5.06. The van der Waals surface area contributed by atoms with Crippen molar-refractivity contribution >= 4 is 11.9 Å². The minimum absolute atomic E-state index is 0.0422. The van der Waals surface area contributed by atoms with Crippen molar-refractivity contribution in [1.29, 1.82) is 0 Å². The highest BCUT2D eigenvalue weighted by Crippen LogP contribution is 2.19. The Labute approximate surface area is 116 Å². The van der Waals surface area contributed by atoms with Crippen LogP contribution in [0.3, 0.4) is 0 Å². The smallest absolute Gasteiger partial charge is 0.303 e. The fourth-order valence-corrected chi connectivity index (χ4v) is 2.45. The Balaban J connectivity index is 1.89. The number of carboxylic acids is 1. The first-order chi connectivity index (χ1) is 9.58. The molecule has 1 aromatic rings. The number of nitrogens with zero attached hydrogens (tertiary/aromatic N) is 4. The Kier molecular flexibility index (Phi) is 4.67. The maximum absolute atomic E-state index is 12.2. The van der Waals surface area contributed by atoms with E-state index in [4.69, 9.17) is 10.8 Å². The minimum atomic E-state index is -0.812. The first-order valence-corrected chi connectivity index (χ1v) is 6.67. The molecule has 0 aromatic carbocycles. The van der Waals surface area contributed by atoms with Gasteiger partial charge in [-0.3, -0.25) is 9.59 Å². The lowest BCUT2D eigenvalue weighted by atomic mass is 9.95. The van der Waals surface area contributed by atoms with Crippen molar-refractivity contribution < 1.29 is 14.7 Å². The summed E-state index contributed by atoms with van der Waals surface area (Å²) in [6.45, 7) is 1.59. The summed E-state index contributed by atoms with van der Waals surface area (Å²) in [4.78, 5) is 24.6. The van der Waals surface area contributed by atoms with Crippen molar-refractivity contribution in [3.8, 4) is 0 Å². The number of hydrogen-bond acceptors (Lipinski definition) is 5. The van der Waals surface area contributed by atoms with Gasteiger partial charge in [0.15, 0.2) is 0 Å². The van der Waals surface area contributed by atoms with Gasteiger partial charge in [-0.25, -0.2) is 4.68 Å². The zero-order chi connectivity index (χ0) is 14.5. The quantitative estimate of drug-likeness (QED) is 0.748. The summed E-state index contributed by atoms with van der Waals surface area (Å²) >= 11 is 0. The number of piperidine rings is 1. The number of rotatable bonds is 5. The maximum atomic E-state index is 12.2. The highest BCUT2D eigenvalue weighted by Gasteiger charge is 2.25. The topological polar surface area (TPSA) is 114 Å². The van der Waals surface area contributed by atoms with Gasteiger partial charge in [-0.15, -0.1) is 5.10 Å². The molecule has 1 amide bonds. The largest absolute Gasteiger partial charge is 0.481 e. The van der Waals surface area contributed by atoms with Crippen LogP contribution in [0, 0.1) is 5.92 Å². The van der Waals surface area contributed by atoms with Crippen molar-refractivity contribution in [3.05, 3.63) is 11.9 Å². The third-order valence-corrected chi connectivity index (χ3v) is 3.43. The first kappa shape index (κ1) is 14.4. The average Bonchev–Trinajstić information content (AvgIpc) is 2.86. The van der Waals surface area contributed by atoms with Crippen LogP contribution in [-0.2, 0) is 22.7 Å². The van der Waals surface area contributed by atoms with Crippen LogP contribution in [0.4, 0.5) is 0 Å². The third kappa shape index (κ3) is 3.77. The zero-order valence-electron chi connectivity index (χ0n) is 11.2. The summed E-state index contributed by atoms with van der Waals surface area (Å²) in [5, 5.41) is 16.5. The number of carbonyl (C=O) groups excluding carboxylic acids is 1. The van der Waals surface area contributed by atoms with Crippen LogP contribution in [0.15, 0.2) is 6.20 Å². The van der Waals surface area contributed by atoms with Gasteiger partial charge in [0.05, 0.1) is 11.9 Å². The first-order valence-electron chi connectivity index (χ1n) is 6.67. The van der Waals surface area contributed by atoms with E-state index in [9.17, 15) is 9.59 Å². The van der Waals surface area contributed by atoms with Gasteiger partial charge in [0.2, 0.25) is 5.91 Å². The molecule has 1 atom stereocenters. The lowest BCUT2D eigenvalue weighted by Crippen LogP contribution is -2.42. The van der Waals surface area contributed by atoms with Gasteiger partial charge >= 0.3 is 5.97 Å². The maximum Gasteiger partial charge on any atom is 0.303 e. The van der Waals surface area contributed by atoms with Gasteiger partial charge in [-0.05, 0) is 18.8 Å². The highest BCUT2D eigenvalue weighted by atomic mass is 16.4. The Morgan fingerprint density at radius 3 is 2.95 bits per heavy atom. The summed E-state index contributed by atoms with van der Waals surface area (Å²) in [7, 11) is 0. The summed E-state index contributed by atoms with van der Waals surface area (Å²) in [5.41, 5.74) is 6.07. The van der Waals surface area contributed by atoms with Crippen LogP contribution < -0.4 is 5.73 Å². The van der Waals surface area contributed by atoms with E-state index in [1.165, 1.54) is 4.68 Å². The lowest BCUT2D eigenvalue weighted by Gasteiger charge is -2.32. The van der Waals surface area contributed by atoms with Crippen LogP contribution in [0.5, 0.6) is 0 Å². The second kappa shape index (κ2) is 6.47. The standard InChI is InChI=1S/C12H19N5O3/c13-5-10-7-17(15-14-10)8-11(18)16-3-1-2-9(6-16)4-12(19)20/h7,9H,1-6,8,13H2,(H,19,20). The average molecular weight is 281 g/mol. The van der Waals surface area contributed by atoms with Crippen molar-refractivity contribution in [1.82, 2.24) is 19.9 Å². The molecule has 2 heterocycles. The SMILES string of the molecule is NCc1cn(CC(=O)N2CCCC(CC(=O)O)C2)nn1. The number of hydrogen-bond donors (Lipinski definition) is 2. The van der Waals surface area contributed by atoms with E-state index >= 15 is 0 Å². The highest BCUT2D eigenvalue weighted by molar-refractivity contribution is 5.76. The van der Waals surface area contributed by atoms with E-state index in [-0.39, 0.29) is 24.8 Å². The molecule has 8 nitrogen and oxygen atoms in total. The van der Waals surface area contributed by atoms with Gasteiger partial charge in [0.25, 0.3) is 0 Å². The number of amides is 1. The summed E-state index contributed by atoms with van der Waals surface area (Å²) < 4.78 is 1.46. The molecule has 8 heteroatoms. The fraction of sp³-hybridized carbons (Fsp3) is 0.667. The predicted octanol–water partition coefficient (Wildman–Crippen LogP) is -0.550. The number of carbonyl (C=O) groups is 2. The van der Waals surface area contributed by atoms with Crippen molar-refractivity contribution in [3.63, 3.8) is 0 Å². The molecule has 1 unspecified atom stereocenters. The normalized spacial score (nSPS) is 19.1. The predicted molar refractivity (Wildman–Crippen MR) is 69.5 cm³/mol. The van der Waals surface area contributed by atoms with Crippen LogP contribution >= 0.6 is 0 Å². The molecule has 0 saturated carbocycles. The summed E-state index contributed by atoms with van der Waals surface area (Å²) in [5.74, 6) is -0.831. The Morgan fingerprint density at radius 1 is 1.50 bits per heavy atom. The molecule has 1 aliphatic rings. The Morgan fingerprint density at radius 2 is 2.30 bits per heavy atom. The molecule has 0 bridgehead atoms. The number of likely N-dealkylation sites (tertiary alicyclic amines) is 1. The Hall–Kier alpha value is -1.96. The Bertz CT molecular complexity index is 487. The van der Waals surface area contributed by atoms with Gasteiger partial charge in [-0.2, -0.15) is 0 Å². The third-order valence-electron chi connectivity index (χ3n) is 3.43. The number of aromatic nitrogens is 3. The van der Waals surface area contributed by atoms with E-state index in [1.807, 2.05) is 0 Å². The lowest BCUT2D eigenvalue weighted by molar-refractivity contribution is -0.141. The number of nitrogens with two attached hydrogens (primary N) is 1. The molecule has 1 saturated heterocycles. The molecule has 1 aliphatic heterocycles. The molecule has 20 heavy (non-hydrogen) atoms. The second-order valence-electron chi connectivity index (χ2n) is 5.06. The van der Waals surface area contributed by atoms with E-state index in [1.54, 1.807) is 11.1 Å². The number of aliphatic carboxylic acids is 1. The van der Waals surface area contributed by atoms with Gasteiger partial charge in [-0.1, -0.05) is 5.21 Å². The van der Waals surface area contributed by atoms with Crippen molar-refractivity contribution in [2.45, 2.75) is 32.4 Å². The molecule has 0 radical (unpaired) electrons. The molecule has 0 spiro atoms. The monoisotopic (exact) mass is 281 g/mol. The van der Waals surface area contributed by atoms with E-state index in [0.29, 0.717) is 25.3 Å². The van der Waals surface area contributed by atoms with Gasteiger partial charge < -0.3 is 15.7 Å². The zero-order valence-corrected chi connectivity index (χ0v) is 11.2. The van der Waals surface area contributed by atoms with Gasteiger partial charge in [0, 0.05) is 26.1 Å². The van der Waals surface area contributed by atoms with Crippen LogP contribution in [0.1, 0.15) is 25.0 Å². The molecule has 110 valence electrons. The van der Waals surface area contributed by atoms with E-state index in [2.05, 4.69) is 10.3 Å². The molecule has 3 N–H and O–H groups in total. The molecule has 1 fully saturated rings. The van der Waals surface area contributed by atoms with Crippen LogP contribution in [0.25, 0.3) is 0 Å². The number of carboxylic acid groups (broad SMARTS) is 1. The van der Waals surface area contributed by atoms with Crippen molar-refractivity contribution in [2.24, 2.45) is 11.7 Å². The molecule has 0 aliphatic carbocycles. The van der Waals surface area contributed by atoms with Crippen molar-refractivity contribution in [2.75, 3.05) is 13.1 Å². The molecule has 1 aromatic heterocycles.